The van der Waals surface area contributed by atoms with Crippen LogP contribution in [0.5, 0.6) is 0 Å². The summed E-state index contributed by atoms with van der Waals surface area (Å²) >= 11 is 18.2. The maximum absolute atomic E-state index is 11.3. The van der Waals surface area contributed by atoms with Gasteiger partial charge in [0.2, 0.25) is 0 Å². The molecule has 16 rings (SSSR count). The van der Waals surface area contributed by atoms with E-state index in [9.17, 15) is 19.2 Å². The second-order valence-corrected chi connectivity index (χ2v) is 33.4. The molecule has 0 saturated carbocycles. The predicted molar refractivity (Wildman–Crippen MR) is 451 cm³/mol. The third-order valence-electron chi connectivity index (χ3n) is 18.4. The number of esters is 1. The van der Waals surface area contributed by atoms with E-state index in [0.29, 0.717) is 25.7 Å². The first-order valence-electron chi connectivity index (χ1n) is 35.8. The summed E-state index contributed by atoms with van der Waals surface area (Å²) in [6.07, 6.45) is 15.1. The first-order valence-corrected chi connectivity index (χ1v) is 42.7. The van der Waals surface area contributed by atoms with Crippen molar-refractivity contribution in [1.29, 1.82) is 0 Å². The van der Waals surface area contributed by atoms with E-state index >= 15 is 0 Å². The molecule has 556 valence electrons. The van der Waals surface area contributed by atoms with Gasteiger partial charge in [0.15, 0.2) is 0 Å². The van der Waals surface area contributed by atoms with Crippen LogP contribution in [0.4, 0.5) is 0 Å². The third kappa shape index (κ3) is 19.4. The summed E-state index contributed by atoms with van der Waals surface area (Å²) in [6, 6.07) is 57.9. The van der Waals surface area contributed by atoms with Crippen molar-refractivity contribution in [3.05, 3.63) is 272 Å². The Labute approximate surface area is 664 Å². The Hall–Kier alpha value is -9.43. The highest BCUT2D eigenvalue weighted by molar-refractivity contribution is 8.00. The van der Waals surface area contributed by atoms with E-state index in [0.717, 1.165) is 114 Å². The molecular formula is C85H79ClN8O8S7. The Morgan fingerprint density at radius 2 is 0.771 bits per heavy atom. The molecule has 0 bridgehead atoms. The van der Waals surface area contributed by atoms with Crippen LogP contribution in [0.25, 0.3) is 63.6 Å². The summed E-state index contributed by atoms with van der Waals surface area (Å²) in [4.78, 5) is 62.8. The van der Waals surface area contributed by atoms with Gasteiger partial charge in [-0.25, -0.2) is 19.9 Å². The van der Waals surface area contributed by atoms with Gasteiger partial charge in [-0.2, -0.15) is 0 Å². The number of carbonyl (C=O) groups is 4. The predicted octanol–water partition coefficient (Wildman–Crippen LogP) is 21.7. The van der Waals surface area contributed by atoms with Gasteiger partial charge in [0.1, 0.15) is 42.7 Å². The van der Waals surface area contributed by atoms with Crippen LogP contribution in [0.1, 0.15) is 108 Å². The van der Waals surface area contributed by atoms with E-state index in [1.54, 1.807) is 81.1 Å². The van der Waals surface area contributed by atoms with Crippen LogP contribution in [0.2, 0.25) is 5.02 Å². The number of imidazole rings is 4. The molecule has 24 heteroatoms. The number of aromatic nitrogens is 8. The van der Waals surface area contributed by atoms with Crippen LogP contribution in [-0.2, 0) is 49.6 Å². The fourth-order valence-corrected chi connectivity index (χ4v) is 20.3. The van der Waals surface area contributed by atoms with E-state index in [4.69, 9.17) is 51.6 Å². The molecule has 11 heterocycles. The molecule has 16 aromatic rings. The van der Waals surface area contributed by atoms with Gasteiger partial charge in [0.05, 0.1) is 29.9 Å². The zero-order chi connectivity index (χ0) is 75.8. The lowest BCUT2D eigenvalue weighted by molar-refractivity contribution is -0.141. The van der Waals surface area contributed by atoms with Crippen LogP contribution in [0, 0.1) is 13.8 Å². The van der Waals surface area contributed by atoms with Crippen molar-refractivity contribution in [1.82, 2.24) is 37.5 Å². The smallest absolute Gasteiger partial charge is 0.305 e. The lowest BCUT2D eigenvalue weighted by Crippen LogP contribution is -2.00. The number of aryl methyl sites for hydroxylation is 2. The molecule has 0 spiro atoms. The molecule has 109 heavy (non-hydrogen) atoms. The van der Waals surface area contributed by atoms with Gasteiger partial charge in [-0.15, -0.1) is 81.1 Å². The highest BCUT2D eigenvalue weighted by Crippen LogP contribution is 2.38. The van der Waals surface area contributed by atoms with E-state index in [-0.39, 0.29) is 25.2 Å². The first-order chi connectivity index (χ1) is 53.1. The SMILES string of the molecule is COC(=O)CCCSc1nc2ccccn2c1Cc1csc2cccc(C)c12.Cc1cccc2scc(Cc3c(SCCCC(=O)O)nc4ccccn34)c12.O=C(O)CCCSc1nc2ccccn2c1Cc1cccc2ccccc12.O=C(O)CCCSc1nc2ccccn2c1Cc1csc2ccc(Cl)cc12. The van der Waals surface area contributed by atoms with E-state index in [1.165, 1.54) is 92.9 Å². The zero-order valence-electron chi connectivity index (χ0n) is 60.2. The summed E-state index contributed by atoms with van der Waals surface area (Å²) in [6.45, 7) is 4.34. The van der Waals surface area contributed by atoms with E-state index in [1.807, 2.05) is 97.3 Å². The van der Waals surface area contributed by atoms with Gasteiger partial charge in [0, 0.05) is 118 Å². The normalized spacial score (nSPS) is 11.4. The molecule has 0 atom stereocenters. The van der Waals surface area contributed by atoms with Gasteiger partial charge in [0.25, 0.3) is 0 Å². The minimum atomic E-state index is -0.757. The second kappa shape index (κ2) is 37.3. The number of nitrogens with zero attached hydrogens (tertiary/aromatic N) is 8. The number of carboxylic acid groups (broad SMARTS) is 3. The van der Waals surface area contributed by atoms with Gasteiger partial charge in [-0.1, -0.05) is 103 Å². The lowest BCUT2D eigenvalue weighted by Gasteiger charge is -2.08. The fraction of sp³-hybridized carbons (Fsp3) is 0.224. The highest BCUT2D eigenvalue weighted by atomic mass is 35.5. The Bertz CT molecular complexity index is 5890. The van der Waals surface area contributed by atoms with E-state index in [2.05, 4.69) is 145 Å². The maximum Gasteiger partial charge on any atom is 0.305 e. The molecule has 0 radical (unpaired) electrons. The molecule has 0 fully saturated rings. The van der Waals surface area contributed by atoms with E-state index < -0.39 is 17.9 Å². The number of carbonyl (C=O) groups excluding carboxylic acids is 1. The van der Waals surface area contributed by atoms with Gasteiger partial charge in [-0.05, 0) is 195 Å². The Balaban J connectivity index is 0.000000128. The van der Waals surface area contributed by atoms with Crippen molar-refractivity contribution >= 4 is 180 Å². The number of pyridine rings is 4. The van der Waals surface area contributed by atoms with Crippen LogP contribution in [0.15, 0.2) is 231 Å². The van der Waals surface area contributed by atoms with Crippen LogP contribution < -0.4 is 0 Å². The molecule has 3 N–H and O–H groups in total. The van der Waals surface area contributed by atoms with Crippen molar-refractivity contribution in [2.45, 2.75) is 111 Å². The average molecular weight is 1600 g/mol. The van der Waals surface area contributed by atoms with Crippen molar-refractivity contribution in [2.24, 2.45) is 0 Å². The monoisotopic (exact) mass is 1600 g/mol. The number of halogens is 1. The van der Waals surface area contributed by atoms with Crippen LogP contribution in [-0.4, -0.2) is 107 Å². The number of hydrogen-bond acceptors (Lipinski definition) is 16. The number of aliphatic carboxylic acids is 3. The van der Waals surface area contributed by atoms with Crippen LogP contribution in [0.3, 0.4) is 0 Å². The number of carboxylic acids is 3. The minimum absolute atomic E-state index is 0.156. The van der Waals surface area contributed by atoms with Crippen molar-refractivity contribution in [2.75, 3.05) is 30.1 Å². The standard InChI is InChI=1S/C22H22N2O2S2.C22H20N2O2S.C21H20N2O2S2.C20H17ClN2O2S2/c1-15-7-5-8-18-21(15)16(14-28-18)13-17-22(27-12-6-10-20(25)26-2)23-19-9-3-4-11-24(17)19;25-21(26)12-6-14-27-22-19(24-13-4-3-11-20(24)23-22)15-17-9-5-8-16-7-1-2-10-18(16)17;1-14-6-4-7-17-20(14)15(13-27-17)12-16-21(26-11-5-9-19(24)25)22-18-8-2-3-10-23(16)18;21-14-6-7-17-15(11-14)13(12-27-17)10-16-20(26-9-3-5-19(24)25)22-18-4-1-2-8-23(16)18/h3-5,7-9,11,14H,6,10,12-13H2,1-2H3;1-5,7-11,13H,6,12,14-15H2,(H,25,26);2-4,6-8,10,13H,5,9,11-12H2,1H3,(H,24,25);1-2,4,6-8,11-12H,3,5,9-10H2,(H,24,25). The van der Waals surface area contributed by atoms with Gasteiger partial charge >= 0.3 is 23.9 Å². The molecule has 0 amide bonds. The Morgan fingerprint density at radius 1 is 0.404 bits per heavy atom. The highest BCUT2D eigenvalue weighted by Gasteiger charge is 2.21. The van der Waals surface area contributed by atoms with Crippen molar-refractivity contribution in [3.8, 4) is 0 Å². The molecule has 5 aromatic carbocycles. The maximum atomic E-state index is 11.3. The zero-order valence-corrected chi connectivity index (χ0v) is 66.7. The summed E-state index contributed by atoms with van der Waals surface area (Å²) in [5.41, 5.74) is 16.2. The average Bonchev–Trinajstić information content (AvgIpc) is 1.66. The third-order valence-corrected chi connectivity index (χ3v) is 26.0. The topological polar surface area (TPSA) is 207 Å². The Morgan fingerprint density at radius 3 is 1.20 bits per heavy atom. The number of rotatable bonds is 28. The first kappa shape index (κ1) is 77.7. The summed E-state index contributed by atoms with van der Waals surface area (Å²) in [5, 5.41) is 44.3. The minimum Gasteiger partial charge on any atom is -0.481 e. The molecular weight excluding hydrogens is 1520 g/mol. The van der Waals surface area contributed by atoms with Crippen molar-refractivity contribution < 1.29 is 39.2 Å². The second-order valence-electron chi connectivity index (χ2n) is 25.9. The largest absolute Gasteiger partial charge is 0.481 e. The number of methoxy groups -OCH3 is 1. The van der Waals surface area contributed by atoms with Gasteiger partial charge in [-0.3, -0.25) is 19.2 Å². The quantitative estimate of drug-likeness (QED) is 0.0237. The van der Waals surface area contributed by atoms with Crippen LogP contribution >= 0.6 is 92.7 Å². The molecule has 0 saturated heterocycles. The molecule has 0 aliphatic carbocycles. The number of ether oxygens (including phenoxy) is 1. The fourth-order valence-electron chi connectivity index (χ4n) is 13.2. The number of hydrogen-bond donors (Lipinski definition) is 3. The summed E-state index contributed by atoms with van der Waals surface area (Å²) < 4.78 is 17.2. The molecule has 16 nitrogen and oxygen atoms in total. The lowest BCUT2D eigenvalue weighted by atomic mass is 10.0. The summed E-state index contributed by atoms with van der Waals surface area (Å²) in [7, 11) is 1.43. The Kier molecular flexibility index (Phi) is 26.6. The molecule has 0 aliphatic heterocycles. The van der Waals surface area contributed by atoms with Crippen molar-refractivity contribution in [3.63, 3.8) is 0 Å². The molecule has 0 aliphatic rings. The summed E-state index contributed by atoms with van der Waals surface area (Å²) in [5.74, 6) is 0.677. The number of thiophene rings is 3. The number of thioether (sulfide) groups is 4. The number of fused-ring (bicyclic) bond motifs is 8. The molecule has 11 aromatic heterocycles. The number of benzene rings is 5. The molecule has 0 unspecified atom stereocenters. The van der Waals surface area contributed by atoms with Gasteiger partial charge < -0.3 is 37.7 Å².